The van der Waals surface area contributed by atoms with Crippen LogP contribution in [-0.4, -0.2) is 64.1 Å². The molecule has 0 radical (unpaired) electrons. The Morgan fingerprint density at radius 1 is 1.38 bits per heavy atom. The fourth-order valence-corrected chi connectivity index (χ4v) is 3.79. The molecule has 0 saturated carbocycles. The van der Waals surface area contributed by atoms with E-state index in [0.29, 0.717) is 17.4 Å². The summed E-state index contributed by atoms with van der Waals surface area (Å²) in [6.45, 7) is 11.9. The van der Waals surface area contributed by atoms with E-state index in [4.69, 9.17) is 9.47 Å². The van der Waals surface area contributed by atoms with E-state index in [1.165, 1.54) is 45.3 Å². The maximum absolute atomic E-state index is 5.84. The summed E-state index contributed by atoms with van der Waals surface area (Å²) >= 11 is 0. The van der Waals surface area contributed by atoms with Gasteiger partial charge in [0.25, 0.3) is 0 Å². The summed E-state index contributed by atoms with van der Waals surface area (Å²) in [5, 5.41) is 3.65. The molecule has 4 heteroatoms. The normalized spacial score (nSPS) is 31.7. The summed E-state index contributed by atoms with van der Waals surface area (Å²) in [7, 11) is 1.82. The molecule has 2 atom stereocenters. The van der Waals surface area contributed by atoms with Gasteiger partial charge in [-0.25, -0.2) is 0 Å². The van der Waals surface area contributed by atoms with E-state index >= 15 is 0 Å². The highest BCUT2D eigenvalue weighted by Gasteiger charge is 2.36. The second kappa shape index (κ2) is 8.47. The maximum Gasteiger partial charge on any atom is 0.0546 e. The average molecular weight is 298 g/mol. The van der Waals surface area contributed by atoms with Crippen LogP contribution >= 0.6 is 0 Å². The molecule has 0 spiro atoms. The van der Waals surface area contributed by atoms with Crippen molar-refractivity contribution in [2.45, 2.75) is 45.6 Å². The second-order valence-corrected chi connectivity index (χ2v) is 7.39. The summed E-state index contributed by atoms with van der Waals surface area (Å²) in [4.78, 5) is 2.66. The number of nitrogens with zero attached hydrogens (tertiary/aromatic N) is 1. The molecule has 0 aromatic carbocycles. The molecule has 4 nitrogen and oxygen atoms in total. The molecule has 2 aliphatic rings. The van der Waals surface area contributed by atoms with Crippen molar-refractivity contribution < 1.29 is 9.47 Å². The molecule has 1 N–H and O–H groups in total. The monoisotopic (exact) mass is 298 g/mol. The fourth-order valence-electron chi connectivity index (χ4n) is 3.79. The zero-order valence-electron chi connectivity index (χ0n) is 14.2. The van der Waals surface area contributed by atoms with Gasteiger partial charge in [-0.05, 0) is 38.1 Å². The van der Waals surface area contributed by atoms with E-state index in [9.17, 15) is 0 Å². The summed E-state index contributed by atoms with van der Waals surface area (Å²) in [5.74, 6) is 0.711. The van der Waals surface area contributed by atoms with Crippen molar-refractivity contribution >= 4 is 0 Å². The van der Waals surface area contributed by atoms with Gasteiger partial charge in [0.05, 0.1) is 13.2 Å². The van der Waals surface area contributed by atoms with Crippen molar-refractivity contribution in [1.82, 2.24) is 10.2 Å². The molecule has 124 valence electrons. The van der Waals surface area contributed by atoms with E-state index in [0.717, 1.165) is 26.4 Å². The van der Waals surface area contributed by atoms with E-state index in [1.807, 2.05) is 7.11 Å². The van der Waals surface area contributed by atoms with Crippen molar-refractivity contribution in [3.8, 4) is 0 Å². The molecule has 0 amide bonds. The molecule has 0 aromatic heterocycles. The average Bonchev–Trinajstić information content (AvgIpc) is 2.47. The van der Waals surface area contributed by atoms with E-state index in [2.05, 4.69) is 24.1 Å². The lowest BCUT2D eigenvalue weighted by Crippen LogP contribution is -2.52. The fraction of sp³-hybridized carbons (Fsp3) is 1.00. The quantitative estimate of drug-likeness (QED) is 0.781. The Hall–Kier alpha value is -0.160. The van der Waals surface area contributed by atoms with Crippen molar-refractivity contribution in [1.29, 1.82) is 0 Å². The van der Waals surface area contributed by atoms with Gasteiger partial charge in [-0.15, -0.1) is 0 Å². The highest BCUT2D eigenvalue weighted by atomic mass is 16.5. The maximum atomic E-state index is 5.84. The lowest BCUT2D eigenvalue weighted by molar-refractivity contribution is -0.0355. The molecule has 2 unspecified atom stereocenters. The van der Waals surface area contributed by atoms with Crippen LogP contribution in [0.2, 0.25) is 0 Å². The van der Waals surface area contributed by atoms with Gasteiger partial charge in [0, 0.05) is 44.8 Å². The number of likely N-dealkylation sites (tertiary alicyclic amines) is 1. The van der Waals surface area contributed by atoms with Gasteiger partial charge in [0.2, 0.25) is 0 Å². The molecular weight excluding hydrogens is 264 g/mol. The van der Waals surface area contributed by atoms with Crippen LogP contribution in [0.1, 0.15) is 39.5 Å². The first-order valence-corrected chi connectivity index (χ1v) is 8.66. The Morgan fingerprint density at radius 3 is 2.90 bits per heavy atom. The summed E-state index contributed by atoms with van der Waals surface area (Å²) in [6.07, 6.45) is 5.12. The molecule has 0 bridgehead atoms. The van der Waals surface area contributed by atoms with Crippen molar-refractivity contribution in [3.63, 3.8) is 0 Å². The minimum Gasteiger partial charge on any atom is -0.384 e. The van der Waals surface area contributed by atoms with Gasteiger partial charge in [0.15, 0.2) is 0 Å². The van der Waals surface area contributed by atoms with Crippen LogP contribution < -0.4 is 5.32 Å². The second-order valence-electron chi connectivity index (χ2n) is 7.39. The van der Waals surface area contributed by atoms with E-state index < -0.39 is 0 Å². The standard InChI is InChI=1S/C17H34N2O2/c1-15(2)18-12-17(7-5-9-21-14-17)13-19-8-4-6-16(10-19)11-20-3/h15-16,18H,4-14H2,1-3H3. The predicted octanol–water partition coefficient (Wildman–Crippen LogP) is 2.14. The number of methoxy groups -OCH3 is 1. The molecule has 21 heavy (non-hydrogen) atoms. The number of piperidine rings is 1. The molecule has 2 rings (SSSR count). The lowest BCUT2D eigenvalue weighted by Gasteiger charge is -2.43. The van der Waals surface area contributed by atoms with E-state index in [-0.39, 0.29) is 0 Å². The Balaban J connectivity index is 1.90. The third-order valence-electron chi connectivity index (χ3n) is 4.85. The summed E-state index contributed by atoms with van der Waals surface area (Å²) in [5.41, 5.74) is 0.303. The van der Waals surface area contributed by atoms with E-state index in [1.54, 1.807) is 0 Å². The number of hydrogen-bond acceptors (Lipinski definition) is 4. The number of hydrogen-bond donors (Lipinski definition) is 1. The first kappa shape index (κ1) is 17.2. The van der Waals surface area contributed by atoms with Crippen LogP contribution in [0.4, 0.5) is 0 Å². The van der Waals surface area contributed by atoms with Gasteiger partial charge in [-0.2, -0.15) is 0 Å². The van der Waals surface area contributed by atoms with Crippen LogP contribution in [-0.2, 0) is 9.47 Å². The predicted molar refractivity (Wildman–Crippen MR) is 86.7 cm³/mol. The number of ether oxygens (including phenoxy) is 2. The number of rotatable bonds is 7. The summed E-state index contributed by atoms with van der Waals surface area (Å²) in [6, 6.07) is 0.548. The topological polar surface area (TPSA) is 33.7 Å². The van der Waals surface area contributed by atoms with Gasteiger partial charge < -0.3 is 19.7 Å². The first-order valence-electron chi connectivity index (χ1n) is 8.66. The van der Waals surface area contributed by atoms with Crippen molar-refractivity contribution in [2.24, 2.45) is 11.3 Å². The van der Waals surface area contributed by atoms with Crippen LogP contribution in [0, 0.1) is 11.3 Å². The molecule has 2 saturated heterocycles. The Labute approximate surface area is 130 Å². The highest BCUT2D eigenvalue weighted by Crippen LogP contribution is 2.31. The smallest absolute Gasteiger partial charge is 0.0546 e. The Kier molecular flexibility index (Phi) is 6.93. The largest absolute Gasteiger partial charge is 0.384 e. The van der Waals surface area contributed by atoms with Gasteiger partial charge >= 0.3 is 0 Å². The van der Waals surface area contributed by atoms with Crippen LogP contribution in [0.25, 0.3) is 0 Å². The zero-order chi connectivity index (χ0) is 15.1. The molecule has 0 aromatic rings. The zero-order valence-corrected chi connectivity index (χ0v) is 14.2. The molecular formula is C17H34N2O2. The third kappa shape index (κ3) is 5.51. The number of nitrogens with one attached hydrogen (secondary N) is 1. The minimum atomic E-state index is 0.303. The molecule has 2 fully saturated rings. The minimum absolute atomic E-state index is 0.303. The van der Waals surface area contributed by atoms with Crippen LogP contribution in [0.5, 0.6) is 0 Å². The first-order chi connectivity index (χ1) is 10.1. The molecule has 2 aliphatic heterocycles. The molecule has 2 heterocycles. The van der Waals surface area contributed by atoms with Gasteiger partial charge in [0.1, 0.15) is 0 Å². The Morgan fingerprint density at radius 2 is 2.24 bits per heavy atom. The lowest BCUT2D eigenvalue weighted by atomic mass is 9.80. The Bertz CT molecular complexity index is 289. The highest BCUT2D eigenvalue weighted by molar-refractivity contribution is 4.89. The summed E-state index contributed by atoms with van der Waals surface area (Å²) < 4.78 is 11.2. The van der Waals surface area contributed by atoms with Crippen molar-refractivity contribution in [2.75, 3.05) is 53.1 Å². The van der Waals surface area contributed by atoms with Crippen molar-refractivity contribution in [3.05, 3.63) is 0 Å². The van der Waals surface area contributed by atoms with Crippen LogP contribution in [0.3, 0.4) is 0 Å². The third-order valence-corrected chi connectivity index (χ3v) is 4.85. The van der Waals surface area contributed by atoms with Gasteiger partial charge in [-0.3, -0.25) is 0 Å². The SMILES string of the molecule is COCC1CCCN(CC2(CNC(C)C)CCCOC2)C1. The van der Waals surface area contributed by atoms with Gasteiger partial charge in [-0.1, -0.05) is 13.8 Å². The van der Waals surface area contributed by atoms with Crippen LogP contribution in [0.15, 0.2) is 0 Å². The molecule has 0 aliphatic carbocycles.